The van der Waals surface area contributed by atoms with E-state index in [9.17, 15) is 0 Å². The van der Waals surface area contributed by atoms with Crippen molar-refractivity contribution in [2.24, 2.45) is 0 Å². The van der Waals surface area contributed by atoms with Crippen LogP contribution in [0, 0.1) is 0 Å². The van der Waals surface area contributed by atoms with Gasteiger partial charge in [0, 0.05) is 0 Å². The predicted octanol–water partition coefficient (Wildman–Crippen LogP) is 0.557. The van der Waals surface area contributed by atoms with Gasteiger partial charge in [-0.15, -0.1) is 0 Å². The van der Waals surface area contributed by atoms with Crippen molar-refractivity contribution in [1.29, 1.82) is 0 Å². The highest BCUT2D eigenvalue weighted by Gasteiger charge is 2.07. The van der Waals surface area contributed by atoms with E-state index in [0.717, 1.165) is 0 Å². The monoisotopic (exact) mass is 119 g/mol. The summed E-state index contributed by atoms with van der Waals surface area (Å²) in [7, 11) is 0. The Morgan fingerprint density at radius 1 is 1.43 bits per heavy atom. The number of hydrogen-bond donors (Lipinski definition) is 0. The van der Waals surface area contributed by atoms with E-state index >= 15 is 0 Å². The van der Waals surface area contributed by atoms with Gasteiger partial charge in [0.1, 0.15) is 5.44 Å². The van der Waals surface area contributed by atoms with Crippen molar-refractivity contribution in [3.63, 3.8) is 0 Å². The summed E-state index contributed by atoms with van der Waals surface area (Å²) < 4.78 is 9.92. The van der Waals surface area contributed by atoms with Gasteiger partial charge >= 0.3 is 0 Å². The van der Waals surface area contributed by atoms with Gasteiger partial charge in [0.2, 0.25) is 0 Å². The fraction of sp³-hybridized carbons (Fsp3) is 1.00. The maximum atomic E-state index is 4.97. The van der Waals surface area contributed by atoms with E-state index in [2.05, 4.69) is 0 Å². The second-order valence-corrected chi connectivity index (χ2v) is 1.90. The van der Waals surface area contributed by atoms with E-state index in [4.69, 9.17) is 22.1 Å². The fourth-order valence-electron chi connectivity index (χ4n) is 0.466. The van der Waals surface area contributed by atoms with Crippen molar-refractivity contribution in [2.45, 2.75) is 5.44 Å². The SMILES string of the molecule is [S]C1COCCO1. The highest BCUT2D eigenvalue weighted by molar-refractivity contribution is 7.80. The molecule has 3 heteroatoms. The average Bonchev–Trinajstić information content (AvgIpc) is 1.69. The van der Waals surface area contributed by atoms with Crippen LogP contribution in [-0.2, 0) is 9.47 Å². The molecule has 0 bridgehead atoms. The van der Waals surface area contributed by atoms with Gasteiger partial charge < -0.3 is 9.47 Å². The van der Waals surface area contributed by atoms with Crippen molar-refractivity contribution in [3.05, 3.63) is 0 Å². The van der Waals surface area contributed by atoms with Crippen molar-refractivity contribution in [1.82, 2.24) is 0 Å². The first-order valence-corrected chi connectivity index (χ1v) is 2.72. The van der Waals surface area contributed by atoms with Gasteiger partial charge in [-0.3, -0.25) is 0 Å². The molecule has 1 unspecified atom stereocenters. The van der Waals surface area contributed by atoms with Crippen LogP contribution in [0.2, 0.25) is 0 Å². The molecule has 0 spiro atoms. The Kier molecular flexibility index (Phi) is 1.97. The quantitative estimate of drug-likeness (QED) is 0.464. The van der Waals surface area contributed by atoms with Gasteiger partial charge in [-0.05, 0) is 0 Å². The van der Waals surface area contributed by atoms with Crippen molar-refractivity contribution < 1.29 is 9.47 Å². The van der Waals surface area contributed by atoms with Crippen LogP contribution in [0.15, 0.2) is 0 Å². The van der Waals surface area contributed by atoms with Crippen LogP contribution in [0.25, 0.3) is 0 Å². The van der Waals surface area contributed by atoms with Crippen LogP contribution in [0.5, 0.6) is 0 Å². The maximum Gasteiger partial charge on any atom is 0.136 e. The summed E-state index contributed by atoms with van der Waals surface area (Å²) in [4.78, 5) is 0. The number of hydrogen-bond acceptors (Lipinski definition) is 2. The molecule has 0 aromatic heterocycles. The van der Waals surface area contributed by atoms with Gasteiger partial charge in [-0.25, -0.2) is 0 Å². The van der Waals surface area contributed by atoms with Gasteiger partial charge in [0.25, 0.3) is 0 Å². The fourth-order valence-corrected chi connectivity index (χ4v) is 0.659. The molecule has 2 nitrogen and oxygen atoms in total. The minimum atomic E-state index is -0.103. The summed E-state index contributed by atoms with van der Waals surface area (Å²) in [6, 6.07) is 0. The second kappa shape index (κ2) is 2.55. The summed E-state index contributed by atoms with van der Waals surface area (Å²) in [5.41, 5.74) is -0.103. The summed E-state index contributed by atoms with van der Waals surface area (Å²) in [6.07, 6.45) is 0. The summed E-state index contributed by atoms with van der Waals surface area (Å²) in [5, 5.41) is 0. The van der Waals surface area contributed by atoms with E-state index in [1.54, 1.807) is 0 Å². The van der Waals surface area contributed by atoms with Crippen molar-refractivity contribution in [2.75, 3.05) is 19.8 Å². The Hall–Kier alpha value is 0.270. The topological polar surface area (TPSA) is 18.5 Å². The van der Waals surface area contributed by atoms with E-state index in [1.807, 2.05) is 0 Å². The standard InChI is InChI=1S/C4H7O2S/c7-4-3-5-1-2-6-4/h4H,1-3H2. The summed E-state index contributed by atoms with van der Waals surface area (Å²) >= 11 is 4.74. The third-order valence-corrected chi connectivity index (χ3v) is 1.06. The maximum absolute atomic E-state index is 4.97. The first-order chi connectivity index (χ1) is 3.39. The van der Waals surface area contributed by atoms with Crippen LogP contribution in [0.3, 0.4) is 0 Å². The Bertz CT molecular complexity index is 51.7. The predicted molar refractivity (Wildman–Crippen MR) is 28.1 cm³/mol. The molecule has 0 N–H and O–H groups in total. The summed E-state index contributed by atoms with van der Waals surface area (Å²) in [6.45, 7) is 1.94. The third kappa shape index (κ3) is 1.67. The van der Waals surface area contributed by atoms with Gasteiger partial charge in [0.05, 0.1) is 19.8 Å². The van der Waals surface area contributed by atoms with Crippen LogP contribution in [0.4, 0.5) is 0 Å². The first kappa shape index (κ1) is 5.41. The molecule has 0 saturated carbocycles. The molecule has 1 atom stereocenters. The minimum absolute atomic E-state index is 0.103. The van der Waals surface area contributed by atoms with E-state index < -0.39 is 0 Å². The number of ether oxygens (including phenoxy) is 2. The van der Waals surface area contributed by atoms with Crippen molar-refractivity contribution in [3.8, 4) is 0 Å². The molecule has 7 heavy (non-hydrogen) atoms. The van der Waals surface area contributed by atoms with Crippen LogP contribution >= 0.6 is 12.6 Å². The zero-order valence-electron chi connectivity index (χ0n) is 3.92. The average molecular weight is 119 g/mol. The molecule has 1 fully saturated rings. The second-order valence-electron chi connectivity index (χ2n) is 1.38. The molecule has 1 heterocycles. The molecule has 1 radical (unpaired) electrons. The lowest BCUT2D eigenvalue weighted by Gasteiger charge is -2.16. The highest BCUT2D eigenvalue weighted by atomic mass is 32.1. The van der Waals surface area contributed by atoms with Crippen LogP contribution in [-0.4, -0.2) is 25.3 Å². The van der Waals surface area contributed by atoms with Gasteiger partial charge in [-0.2, -0.15) is 0 Å². The Labute approximate surface area is 48.2 Å². The van der Waals surface area contributed by atoms with Crippen LogP contribution in [0.1, 0.15) is 0 Å². The molecular formula is C4H7O2S. The third-order valence-electron chi connectivity index (χ3n) is 0.785. The largest absolute Gasteiger partial charge is 0.375 e. The van der Waals surface area contributed by atoms with E-state index in [0.29, 0.717) is 19.8 Å². The molecule has 0 aromatic rings. The van der Waals surface area contributed by atoms with Gasteiger partial charge in [-0.1, -0.05) is 12.6 Å². The van der Waals surface area contributed by atoms with Gasteiger partial charge in [0.15, 0.2) is 0 Å². The molecule has 1 rings (SSSR count). The molecule has 41 valence electrons. The molecule has 0 aromatic carbocycles. The Morgan fingerprint density at radius 2 is 2.29 bits per heavy atom. The molecule has 1 aliphatic rings. The molecule has 1 saturated heterocycles. The molecular weight excluding hydrogens is 112 g/mol. The lowest BCUT2D eigenvalue weighted by Crippen LogP contribution is -2.23. The van der Waals surface area contributed by atoms with E-state index in [-0.39, 0.29) is 5.44 Å². The zero-order chi connectivity index (χ0) is 5.11. The Morgan fingerprint density at radius 3 is 2.57 bits per heavy atom. The Balaban J connectivity index is 2.12. The normalized spacial score (nSPS) is 33.0. The van der Waals surface area contributed by atoms with Crippen molar-refractivity contribution >= 4 is 12.6 Å². The highest BCUT2D eigenvalue weighted by Crippen LogP contribution is 2.02. The summed E-state index contributed by atoms with van der Waals surface area (Å²) in [5.74, 6) is 0. The lowest BCUT2D eigenvalue weighted by molar-refractivity contribution is -0.0489. The minimum Gasteiger partial charge on any atom is -0.375 e. The zero-order valence-corrected chi connectivity index (χ0v) is 4.74. The molecule has 0 aliphatic carbocycles. The molecule has 0 amide bonds. The van der Waals surface area contributed by atoms with Crippen LogP contribution < -0.4 is 0 Å². The number of rotatable bonds is 0. The smallest absolute Gasteiger partial charge is 0.136 e. The lowest BCUT2D eigenvalue weighted by atomic mass is 10.6. The molecule has 1 aliphatic heterocycles. The van der Waals surface area contributed by atoms with E-state index in [1.165, 1.54) is 0 Å². The first-order valence-electron chi connectivity index (χ1n) is 2.25.